The normalized spacial score (nSPS) is 14.1. The molecular formula is C42H40F2N14. The van der Waals surface area contributed by atoms with E-state index in [1.807, 2.05) is 24.3 Å². The lowest BCUT2D eigenvalue weighted by molar-refractivity contribution is 0.578. The van der Waals surface area contributed by atoms with Crippen LogP contribution < -0.4 is 22.1 Å². The molecule has 16 heteroatoms. The van der Waals surface area contributed by atoms with Crippen molar-refractivity contribution >= 4 is 45.2 Å². The first kappa shape index (κ1) is 36.5. The zero-order valence-electron chi connectivity index (χ0n) is 31.5. The van der Waals surface area contributed by atoms with E-state index in [9.17, 15) is 8.78 Å². The van der Waals surface area contributed by atoms with Gasteiger partial charge in [-0.05, 0) is 74.4 Å². The Balaban J connectivity index is 0.000000152. The molecule has 2 fully saturated rings. The standard InChI is InChI=1S/C22H23FN8.C20H17FN6/c23-16-9-3-2-7-14(16)13-31-22-15(8-6-10-26-22)17(29-31)21-27-19(24)18(20(25)28-21)30-11-4-1-5-12-30;21-16-6-2-1-4-13(16)11-27-20-14(5-3-9-23-20)17(26-27)19-24-10-15(12-7-8-12)18(22)25-19/h2-3,6-10H,1,4-5,11-13H2,(H4,24,25,27,28);1-6,9-10,12H,7-8,11H2,(H2,22,24,25). The summed E-state index contributed by atoms with van der Waals surface area (Å²) in [5.41, 5.74) is 23.9. The summed E-state index contributed by atoms with van der Waals surface area (Å²) >= 11 is 0. The van der Waals surface area contributed by atoms with Crippen LogP contribution in [0.15, 0.2) is 91.4 Å². The van der Waals surface area contributed by atoms with Gasteiger partial charge in [0.25, 0.3) is 0 Å². The maximum absolute atomic E-state index is 14.2. The van der Waals surface area contributed by atoms with E-state index in [2.05, 4.69) is 45.0 Å². The molecule has 6 aromatic heterocycles. The Hall–Kier alpha value is -7.10. The second-order valence-electron chi connectivity index (χ2n) is 14.5. The number of nitrogens with zero attached hydrogens (tertiary/aromatic N) is 11. The molecule has 0 atom stereocenters. The summed E-state index contributed by atoms with van der Waals surface area (Å²) in [4.78, 5) is 29.1. The van der Waals surface area contributed by atoms with Gasteiger partial charge in [-0.1, -0.05) is 36.4 Å². The third kappa shape index (κ3) is 7.19. The van der Waals surface area contributed by atoms with Gasteiger partial charge in [0.15, 0.2) is 34.6 Å². The molecule has 2 aromatic carbocycles. The van der Waals surface area contributed by atoms with Crippen molar-refractivity contribution < 1.29 is 8.78 Å². The van der Waals surface area contributed by atoms with E-state index in [0.29, 0.717) is 74.5 Å². The fourth-order valence-corrected chi connectivity index (χ4v) is 7.41. The molecule has 6 N–H and O–H groups in total. The molecule has 1 saturated heterocycles. The Morgan fingerprint density at radius 3 is 1.62 bits per heavy atom. The van der Waals surface area contributed by atoms with Gasteiger partial charge in [-0.2, -0.15) is 10.2 Å². The fourth-order valence-electron chi connectivity index (χ4n) is 7.41. The Labute approximate surface area is 331 Å². The predicted molar refractivity (Wildman–Crippen MR) is 219 cm³/mol. The summed E-state index contributed by atoms with van der Waals surface area (Å²) in [6.45, 7) is 2.29. The summed E-state index contributed by atoms with van der Waals surface area (Å²) in [5, 5.41) is 10.9. The summed E-state index contributed by atoms with van der Waals surface area (Å²) in [7, 11) is 0. The number of fused-ring (bicyclic) bond motifs is 2. The molecule has 8 aromatic rings. The highest BCUT2D eigenvalue weighted by atomic mass is 19.1. The van der Waals surface area contributed by atoms with E-state index in [1.165, 1.54) is 18.6 Å². The molecular weight excluding hydrogens is 739 g/mol. The molecule has 14 nitrogen and oxygen atoms in total. The van der Waals surface area contributed by atoms with Crippen molar-refractivity contribution in [2.75, 3.05) is 35.2 Å². The molecule has 0 amide bonds. The van der Waals surface area contributed by atoms with Crippen LogP contribution in [-0.2, 0) is 13.1 Å². The highest BCUT2D eigenvalue weighted by Gasteiger charge is 2.28. The van der Waals surface area contributed by atoms with E-state index in [4.69, 9.17) is 17.2 Å². The number of pyridine rings is 2. The number of hydrogen-bond acceptors (Lipinski definition) is 12. The lowest BCUT2D eigenvalue weighted by Crippen LogP contribution is -2.31. The maximum Gasteiger partial charge on any atom is 0.184 e. The molecule has 2 aliphatic rings. The number of rotatable bonds is 8. The van der Waals surface area contributed by atoms with Crippen molar-refractivity contribution in [1.29, 1.82) is 0 Å². The zero-order chi connectivity index (χ0) is 39.8. The first-order valence-electron chi connectivity index (χ1n) is 19.2. The third-order valence-corrected chi connectivity index (χ3v) is 10.5. The maximum atomic E-state index is 14.2. The molecule has 0 unspecified atom stereocenters. The van der Waals surface area contributed by atoms with E-state index >= 15 is 0 Å². The van der Waals surface area contributed by atoms with Gasteiger partial charge in [-0.3, -0.25) is 0 Å². The zero-order valence-corrected chi connectivity index (χ0v) is 31.5. The second kappa shape index (κ2) is 15.4. The van der Waals surface area contributed by atoms with E-state index in [0.717, 1.165) is 55.1 Å². The number of benzene rings is 2. The van der Waals surface area contributed by atoms with Crippen LogP contribution in [0, 0.1) is 11.6 Å². The Kier molecular flexibility index (Phi) is 9.73. The van der Waals surface area contributed by atoms with Crippen LogP contribution in [-0.4, -0.2) is 62.6 Å². The average Bonchev–Trinajstić information content (AvgIpc) is 3.93. The first-order valence-corrected chi connectivity index (χ1v) is 19.2. The van der Waals surface area contributed by atoms with Crippen molar-refractivity contribution in [3.63, 3.8) is 0 Å². The SMILES string of the molecule is Nc1nc(-c2nn(Cc3ccccc3F)c3ncccc23)nc(N)c1N1CCCCC1.Nc1nc(-c2nn(Cc3ccccc3F)c3ncccc23)ncc1C1CC1. The summed E-state index contributed by atoms with van der Waals surface area (Å²) in [6.07, 6.45) is 10.8. The number of aromatic nitrogens is 10. The number of halogens is 2. The molecule has 0 radical (unpaired) electrons. The first-order chi connectivity index (χ1) is 28.3. The van der Waals surface area contributed by atoms with E-state index < -0.39 is 0 Å². The minimum absolute atomic E-state index is 0.233. The molecule has 0 spiro atoms. The highest BCUT2D eigenvalue weighted by Crippen LogP contribution is 2.42. The second-order valence-corrected chi connectivity index (χ2v) is 14.5. The third-order valence-electron chi connectivity index (χ3n) is 10.5. The molecule has 58 heavy (non-hydrogen) atoms. The molecule has 10 rings (SSSR count). The van der Waals surface area contributed by atoms with Crippen molar-refractivity contribution in [1.82, 2.24) is 49.5 Å². The van der Waals surface area contributed by atoms with Crippen LogP contribution in [0.25, 0.3) is 45.1 Å². The van der Waals surface area contributed by atoms with Crippen LogP contribution in [0.1, 0.15) is 54.7 Å². The Morgan fingerprint density at radius 1 is 0.586 bits per heavy atom. The minimum Gasteiger partial charge on any atom is -0.383 e. The monoisotopic (exact) mass is 778 g/mol. The molecule has 7 heterocycles. The van der Waals surface area contributed by atoms with Crippen LogP contribution in [0.5, 0.6) is 0 Å². The topological polar surface area (TPSA) is 194 Å². The van der Waals surface area contributed by atoms with E-state index in [1.54, 1.807) is 64.4 Å². The number of hydrogen-bond donors (Lipinski definition) is 3. The summed E-state index contributed by atoms with van der Waals surface area (Å²) in [6, 6.07) is 20.7. The highest BCUT2D eigenvalue weighted by molar-refractivity contribution is 5.91. The lowest BCUT2D eigenvalue weighted by atomic mass is 10.1. The van der Waals surface area contributed by atoms with Gasteiger partial charge in [0.05, 0.1) is 23.9 Å². The van der Waals surface area contributed by atoms with Gasteiger partial charge in [-0.15, -0.1) is 0 Å². The Morgan fingerprint density at radius 2 is 1.10 bits per heavy atom. The molecule has 1 saturated carbocycles. The van der Waals surface area contributed by atoms with Crippen LogP contribution in [0.4, 0.5) is 31.9 Å². The van der Waals surface area contributed by atoms with Gasteiger partial charge in [0.1, 0.15) is 34.5 Å². The number of anilines is 4. The van der Waals surface area contributed by atoms with Gasteiger partial charge in [-0.25, -0.2) is 48.0 Å². The smallest absolute Gasteiger partial charge is 0.184 e. The summed E-state index contributed by atoms with van der Waals surface area (Å²) < 4.78 is 31.6. The average molecular weight is 779 g/mol. The predicted octanol–water partition coefficient (Wildman–Crippen LogP) is 6.77. The number of nitrogens with two attached hydrogens (primary N) is 3. The van der Waals surface area contributed by atoms with Crippen molar-refractivity contribution in [2.45, 2.75) is 51.1 Å². The molecule has 1 aliphatic carbocycles. The van der Waals surface area contributed by atoms with Gasteiger partial charge < -0.3 is 22.1 Å². The van der Waals surface area contributed by atoms with Gasteiger partial charge in [0, 0.05) is 48.4 Å². The van der Waals surface area contributed by atoms with Crippen molar-refractivity contribution in [2.24, 2.45) is 0 Å². The minimum atomic E-state index is -0.292. The van der Waals surface area contributed by atoms with Gasteiger partial charge >= 0.3 is 0 Å². The quantitative estimate of drug-likeness (QED) is 0.147. The van der Waals surface area contributed by atoms with E-state index in [-0.39, 0.29) is 24.7 Å². The van der Waals surface area contributed by atoms with Crippen molar-refractivity contribution in [3.05, 3.63) is 120 Å². The Bertz CT molecular complexity index is 2750. The van der Waals surface area contributed by atoms with Crippen LogP contribution in [0.2, 0.25) is 0 Å². The van der Waals surface area contributed by atoms with Gasteiger partial charge in [0.2, 0.25) is 0 Å². The van der Waals surface area contributed by atoms with Crippen LogP contribution in [0.3, 0.4) is 0 Å². The number of nitrogen functional groups attached to an aromatic ring is 3. The number of piperidine rings is 1. The molecule has 0 bridgehead atoms. The summed E-state index contributed by atoms with van der Waals surface area (Å²) in [5.74, 6) is 1.89. The molecule has 1 aliphatic heterocycles. The molecule has 292 valence electrons. The van der Waals surface area contributed by atoms with Crippen LogP contribution >= 0.6 is 0 Å². The largest absolute Gasteiger partial charge is 0.383 e. The van der Waals surface area contributed by atoms with Crippen molar-refractivity contribution in [3.8, 4) is 23.0 Å². The fraction of sp³-hybridized carbons (Fsp3) is 0.238. The lowest BCUT2D eigenvalue weighted by Gasteiger charge is -2.29.